The van der Waals surface area contributed by atoms with Crippen molar-refractivity contribution in [2.45, 2.75) is 50.5 Å². The quantitative estimate of drug-likeness (QED) is 0.443. The largest absolute Gasteiger partial charge is 0.504 e. The summed E-state index contributed by atoms with van der Waals surface area (Å²) in [4.78, 5) is 41.0. The lowest BCUT2D eigenvalue weighted by molar-refractivity contribution is -0.146. The van der Waals surface area contributed by atoms with E-state index in [9.17, 15) is 34.1 Å². The predicted octanol–water partition coefficient (Wildman–Crippen LogP) is 0.368. The number of hydrogen-bond donors (Lipinski definition) is 4. The summed E-state index contributed by atoms with van der Waals surface area (Å²) in [5, 5.41) is 31.5. The van der Waals surface area contributed by atoms with E-state index in [4.69, 9.17) is 0 Å². The maximum Gasteiger partial charge on any atom is 0.249 e. The van der Waals surface area contributed by atoms with Crippen molar-refractivity contribution in [1.29, 1.82) is 0 Å². The van der Waals surface area contributed by atoms with Gasteiger partial charge < -0.3 is 30.4 Å². The van der Waals surface area contributed by atoms with Crippen LogP contribution in [0.5, 0.6) is 11.5 Å². The number of nitrogens with one attached hydrogen (secondary N) is 1. The number of benzene rings is 1. The molecule has 4 N–H and O–H groups in total. The summed E-state index contributed by atoms with van der Waals surface area (Å²) < 4.78 is 13.7. The van der Waals surface area contributed by atoms with Crippen LogP contribution in [0.4, 0.5) is 4.39 Å². The fourth-order valence-electron chi connectivity index (χ4n) is 3.83. The first kappa shape index (κ1) is 24.1. The molecule has 3 rings (SSSR count). The normalized spacial score (nSPS) is 23.0. The molecule has 4 atom stereocenters. The standard InChI is InChI=1S/C21H28FN3O6S/c1-12(23-19(29)18(28)8-13-4-5-16(26)17(27)7-13)20(30)25-11-32-10-15(25)21(31)24-6-2-3-14(22)9-24/h4-5,7,12,14-15,18,26-28H,2-3,6,8-11H2,1H3,(H,23,29). The molecular formula is C21H28FN3O6S. The number of alkyl halides is 1. The van der Waals surface area contributed by atoms with Gasteiger partial charge in [0.2, 0.25) is 17.7 Å². The number of halogens is 1. The second-order valence-corrected chi connectivity index (χ2v) is 9.12. The van der Waals surface area contributed by atoms with Gasteiger partial charge in [0.05, 0.1) is 12.4 Å². The number of amides is 3. The SMILES string of the molecule is CC(NC(=O)C(O)Cc1ccc(O)c(O)c1)C(=O)N1CSCC1C(=O)N1CCCC(F)C1. The monoisotopic (exact) mass is 469 g/mol. The van der Waals surface area contributed by atoms with Crippen molar-refractivity contribution in [2.75, 3.05) is 24.7 Å². The average molecular weight is 470 g/mol. The van der Waals surface area contributed by atoms with Crippen LogP contribution in [0.15, 0.2) is 18.2 Å². The first-order valence-corrected chi connectivity index (χ1v) is 11.6. The van der Waals surface area contributed by atoms with Crippen molar-refractivity contribution in [3.05, 3.63) is 23.8 Å². The number of hydrogen-bond acceptors (Lipinski definition) is 7. The molecule has 11 heteroatoms. The molecule has 0 spiro atoms. The van der Waals surface area contributed by atoms with E-state index in [1.54, 1.807) is 0 Å². The fraction of sp³-hybridized carbons (Fsp3) is 0.571. The smallest absolute Gasteiger partial charge is 0.249 e. The molecule has 3 amide bonds. The maximum atomic E-state index is 13.7. The minimum absolute atomic E-state index is 0.0350. The minimum atomic E-state index is -1.48. The highest BCUT2D eigenvalue weighted by molar-refractivity contribution is 7.99. The zero-order valence-corrected chi connectivity index (χ0v) is 18.6. The number of aliphatic hydroxyl groups excluding tert-OH is 1. The zero-order valence-electron chi connectivity index (χ0n) is 17.7. The molecule has 0 radical (unpaired) electrons. The first-order valence-electron chi connectivity index (χ1n) is 10.5. The second-order valence-electron chi connectivity index (χ2n) is 8.12. The van der Waals surface area contributed by atoms with Gasteiger partial charge in [-0.25, -0.2) is 4.39 Å². The summed E-state index contributed by atoms with van der Waals surface area (Å²) >= 11 is 1.42. The van der Waals surface area contributed by atoms with Gasteiger partial charge in [-0.05, 0) is 37.5 Å². The Bertz CT molecular complexity index is 872. The lowest BCUT2D eigenvalue weighted by atomic mass is 10.1. The van der Waals surface area contributed by atoms with Gasteiger partial charge in [0.15, 0.2) is 11.5 Å². The summed E-state index contributed by atoms with van der Waals surface area (Å²) in [7, 11) is 0. The van der Waals surface area contributed by atoms with Gasteiger partial charge >= 0.3 is 0 Å². The number of carbonyl (C=O) groups excluding carboxylic acids is 3. The van der Waals surface area contributed by atoms with Crippen LogP contribution in [0.1, 0.15) is 25.3 Å². The van der Waals surface area contributed by atoms with Crippen molar-refractivity contribution >= 4 is 29.5 Å². The Labute approximate surface area is 189 Å². The van der Waals surface area contributed by atoms with E-state index in [0.29, 0.717) is 30.7 Å². The molecule has 2 fully saturated rings. The third kappa shape index (κ3) is 5.63. The Morgan fingerprint density at radius 3 is 2.72 bits per heavy atom. The molecule has 9 nitrogen and oxygen atoms in total. The van der Waals surface area contributed by atoms with Crippen molar-refractivity contribution < 1.29 is 34.1 Å². The summed E-state index contributed by atoms with van der Waals surface area (Å²) in [6.45, 7) is 1.98. The highest BCUT2D eigenvalue weighted by Gasteiger charge is 2.40. The van der Waals surface area contributed by atoms with Gasteiger partial charge in [-0.15, -0.1) is 11.8 Å². The molecule has 32 heavy (non-hydrogen) atoms. The van der Waals surface area contributed by atoms with E-state index < -0.39 is 36.2 Å². The molecule has 1 aromatic rings. The van der Waals surface area contributed by atoms with Crippen LogP contribution in [-0.2, 0) is 20.8 Å². The van der Waals surface area contributed by atoms with Crippen molar-refractivity contribution in [1.82, 2.24) is 15.1 Å². The molecule has 2 aliphatic heterocycles. The van der Waals surface area contributed by atoms with Crippen molar-refractivity contribution in [3.63, 3.8) is 0 Å². The van der Waals surface area contributed by atoms with Crippen molar-refractivity contribution in [3.8, 4) is 11.5 Å². The molecule has 176 valence electrons. The molecule has 2 aliphatic rings. The molecule has 1 aromatic carbocycles. The number of rotatable bonds is 6. The Morgan fingerprint density at radius 1 is 1.28 bits per heavy atom. The molecule has 0 aromatic heterocycles. The number of phenols is 2. The van der Waals surface area contributed by atoms with Gasteiger partial charge in [0, 0.05) is 18.7 Å². The molecule has 2 saturated heterocycles. The van der Waals surface area contributed by atoms with Crippen LogP contribution in [-0.4, -0.2) is 91.9 Å². The summed E-state index contributed by atoms with van der Waals surface area (Å²) in [5.41, 5.74) is 0.427. The number of aliphatic hydroxyl groups is 1. The van der Waals surface area contributed by atoms with E-state index >= 15 is 0 Å². The van der Waals surface area contributed by atoms with Crippen LogP contribution in [0.2, 0.25) is 0 Å². The Balaban J connectivity index is 1.56. The van der Waals surface area contributed by atoms with Gasteiger partial charge in [-0.1, -0.05) is 6.07 Å². The van der Waals surface area contributed by atoms with E-state index in [1.807, 2.05) is 0 Å². The average Bonchev–Trinajstić information content (AvgIpc) is 3.24. The number of likely N-dealkylation sites (tertiary alicyclic amines) is 1. The Morgan fingerprint density at radius 2 is 2.03 bits per heavy atom. The topological polar surface area (TPSA) is 130 Å². The Hall–Kier alpha value is -2.53. The van der Waals surface area contributed by atoms with E-state index in [1.165, 1.54) is 46.7 Å². The van der Waals surface area contributed by atoms with E-state index in [-0.39, 0.29) is 36.2 Å². The van der Waals surface area contributed by atoms with Gasteiger partial charge in [0.1, 0.15) is 24.4 Å². The lowest BCUT2D eigenvalue weighted by Crippen LogP contribution is -2.56. The number of carbonyl (C=O) groups is 3. The third-order valence-corrected chi connectivity index (χ3v) is 6.64. The van der Waals surface area contributed by atoms with Crippen molar-refractivity contribution in [2.24, 2.45) is 0 Å². The number of aromatic hydroxyl groups is 2. The van der Waals surface area contributed by atoms with E-state index in [0.717, 1.165) is 0 Å². The molecular weight excluding hydrogens is 441 g/mol. The van der Waals surface area contributed by atoms with Gasteiger partial charge in [-0.3, -0.25) is 14.4 Å². The second kappa shape index (κ2) is 10.4. The number of piperidine rings is 1. The third-order valence-electron chi connectivity index (χ3n) is 5.63. The molecule has 2 heterocycles. The van der Waals surface area contributed by atoms with E-state index in [2.05, 4.69) is 5.32 Å². The molecule has 0 aliphatic carbocycles. The van der Waals surface area contributed by atoms with Crippen LogP contribution >= 0.6 is 11.8 Å². The Kier molecular flexibility index (Phi) is 7.83. The first-order chi connectivity index (χ1) is 15.2. The van der Waals surface area contributed by atoms with Crippen LogP contribution in [0.25, 0.3) is 0 Å². The zero-order chi connectivity index (χ0) is 23.4. The number of nitrogens with zero attached hydrogens (tertiary/aromatic N) is 2. The number of phenolic OH excluding ortho intramolecular Hbond substituents is 2. The van der Waals surface area contributed by atoms with Gasteiger partial charge in [0.25, 0.3) is 0 Å². The lowest BCUT2D eigenvalue weighted by Gasteiger charge is -2.34. The predicted molar refractivity (Wildman–Crippen MR) is 116 cm³/mol. The minimum Gasteiger partial charge on any atom is -0.504 e. The highest BCUT2D eigenvalue weighted by Crippen LogP contribution is 2.26. The van der Waals surface area contributed by atoms with Crippen LogP contribution in [0.3, 0.4) is 0 Å². The fourth-order valence-corrected chi connectivity index (χ4v) is 4.99. The highest BCUT2D eigenvalue weighted by atomic mass is 32.2. The summed E-state index contributed by atoms with van der Waals surface area (Å²) in [5.74, 6) is -1.49. The van der Waals surface area contributed by atoms with Gasteiger partial charge in [-0.2, -0.15) is 0 Å². The summed E-state index contributed by atoms with van der Waals surface area (Å²) in [6, 6.07) is 2.26. The molecule has 0 bridgehead atoms. The van der Waals surface area contributed by atoms with Crippen LogP contribution in [0, 0.1) is 0 Å². The summed E-state index contributed by atoms with van der Waals surface area (Å²) in [6.07, 6.45) is -1.64. The molecule has 0 saturated carbocycles. The van der Waals surface area contributed by atoms with Crippen LogP contribution < -0.4 is 5.32 Å². The maximum absolute atomic E-state index is 13.7. The molecule has 4 unspecified atom stereocenters. The number of thioether (sulfide) groups is 1.